The lowest BCUT2D eigenvalue weighted by molar-refractivity contribution is -0.140. The summed E-state index contributed by atoms with van der Waals surface area (Å²) in [4.78, 5) is 28.4. The Morgan fingerprint density at radius 1 is 1.05 bits per heavy atom. The second-order valence-electron chi connectivity index (χ2n) is 9.86. The molecule has 0 radical (unpaired) electrons. The highest BCUT2D eigenvalue weighted by atomic mass is 35.5. The molecule has 1 fully saturated rings. The van der Waals surface area contributed by atoms with Crippen LogP contribution in [0.1, 0.15) is 56.6 Å². The van der Waals surface area contributed by atoms with Crippen molar-refractivity contribution in [3.63, 3.8) is 0 Å². The van der Waals surface area contributed by atoms with Crippen molar-refractivity contribution in [3.8, 4) is 0 Å². The van der Waals surface area contributed by atoms with Gasteiger partial charge in [0, 0.05) is 12.6 Å². The number of sulfonamides is 1. The number of nitrogens with zero attached hydrogens (tertiary/aromatic N) is 2. The molecule has 1 saturated carbocycles. The maximum absolute atomic E-state index is 13.8. The monoisotopic (exact) mass is 621 g/mol. The molecule has 2 amide bonds. The van der Waals surface area contributed by atoms with Crippen LogP contribution in [0, 0.1) is 0 Å². The van der Waals surface area contributed by atoms with E-state index in [1.54, 1.807) is 13.0 Å². The van der Waals surface area contributed by atoms with Crippen molar-refractivity contribution >= 4 is 50.7 Å². The van der Waals surface area contributed by atoms with Crippen molar-refractivity contribution in [2.45, 2.75) is 70.3 Å². The van der Waals surface area contributed by atoms with Gasteiger partial charge in [-0.05, 0) is 55.2 Å². The summed E-state index contributed by atoms with van der Waals surface area (Å²) in [6.45, 7) is 0.808. The zero-order valence-electron chi connectivity index (χ0n) is 22.2. The number of halogens is 5. The standard InChI is InChI=1S/C27H32Cl2F3N3O4S/c1-3-24(26(37)33-20-9-5-4-6-10-20)34(16-18-12-13-22(28)23(29)14-18)25(36)17-35(40(2,38)39)21-11-7-8-19(15-21)27(30,31)32/h7-8,11-15,20,24H,3-6,9-10,16-17H2,1-2H3,(H,33,37). The van der Waals surface area contributed by atoms with Crippen LogP contribution in [0.4, 0.5) is 18.9 Å². The van der Waals surface area contributed by atoms with Crippen molar-refractivity contribution in [3.05, 3.63) is 63.6 Å². The predicted molar refractivity (Wildman–Crippen MR) is 150 cm³/mol. The molecule has 13 heteroatoms. The molecule has 7 nitrogen and oxygen atoms in total. The second-order valence-corrected chi connectivity index (χ2v) is 12.6. The summed E-state index contributed by atoms with van der Waals surface area (Å²) < 4.78 is 66.0. The average Bonchev–Trinajstić information content (AvgIpc) is 2.88. The highest BCUT2D eigenvalue weighted by Gasteiger charge is 2.35. The topological polar surface area (TPSA) is 86.8 Å². The first-order valence-electron chi connectivity index (χ1n) is 12.9. The van der Waals surface area contributed by atoms with E-state index in [-0.39, 0.29) is 40.6 Å². The maximum Gasteiger partial charge on any atom is 0.416 e. The lowest BCUT2D eigenvalue weighted by Crippen LogP contribution is -2.54. The number of hydrogen-bond donors (Lipinski definition) is 1. The number of carbonyl (C=O) groups is 2. The fraction of sp³-hybridized carbons (Fsp3) is 0.481. The molecule has 220 valence electrons. The van der Waals surface area contributed by atoms with Crippen molar-refractivity contribution in [2.24, 2.45) is 0 Å². The SMILES string of the molecule is CCC(C(=O)NC1CCCCC1)N(Cc1ccc(Cl)c(Cl)c1)C(=O)CN(c1cccc(C(F)(F)F)c1)S(C)(=O)=O. The van der Waals surface area contributed by atoms with Gasteiger partial charge in [-0.15, -0.1) is 0 Å². The van der Waals surface area contributed by atoms with Crippen LogP contribution in [0.3, 0.4) is 0 Å². The molecule has 1 aliphatic rings. The van der Waals surface area contributed by atoms with Gasteiger partial charge in [0.2, 0.25) is 21.8 Å². The molecule has 0 aromatic heterocycles. The van der Waals surface area contributed by atoms with Gasteiger partial charge in [-0.3, -0.25) is 13.9 Å². The van der Waals surface area contributed by atoms with Crippen molar-refractivity contribution in [1.29, 1.82) is 0 Å². The fourth-order valence-corrected chi connectivity index (χ4v) is 5.91. The number of nitrogens with one attached hydrogen (secondary N) is 1. The van der Waals surface area contributed by atoms with Gasteiger partial charge in [0.25, 0.3) is 0 Å². The van der Waals surface area contributed by atoms with Crippen LogP contribution in [0.2, 0.25) is 10.0 Å². The lowest BCUT2D eigenvalue weighted by atomic mass is 9.95. The number of rotatable bonds is 10. The minimum Gasteiger partial charge on any atom is -0.352 e. The number of amides is 2. The number of hydrogen-bond acceptors (Lipinski definition) is 4. The van der Waals surface area contributed by atoms with Crippen LogP contribution < -0.4 is 9.62 Å². The van der Waals surface area contributed by atoms with E-state index in [9.17, 15) is 31.2 Å². The summed E-state index contributed by atoms with van der Waals surface area (Å²) in [6, 6.07) is 7.44. The number of carbonyl (C=O) groups excluding carboxylic acids is 2. The molecule has 2 aromatic rings. The lowest BCUT2D eigenvalue weighted by Gasteiger charge is -2.34. The van der Waals surface area contributed by atoms with Crippen molar-refractivity contribution in [1.82, 2.24) is 10.2 Å². The third-order valence-electron chi connectivity index (χ3n) is 6.82. The molecule has 1 unspecified atom stereocenters. The molecule has 0 spiro atoms. The summed E-state index contributed by atoms with van der Waals surface area (Å²) in [6.07, 6.45) is 0.990. The van der Waals surface area contributed by atoms with Gasteiger partial charge in [-0.25, -0.2) is 8.42 Å². The third kappa shape index (κ3) is 8.50. The van der Waals surface area contributed by atoms with E-state index < -0.39 is 40.3 Å². The minimum atomic E-state index is -4.71. The van der Waals surface area contributed by atoms with Crippen LogP contribution in [0.15, 0.2) is 42.5 Å². The molecule has 40 heavy (non-hydrogen) atoms. The van der Waals surface area contributed by atoms with Gasteiger partial charge in [0.15, 0.2) is 0 Å². The van der Waals surface area contributed by atoms with E-state index in [1.165, 1.54) is 23.1 Å². The maximum atomic E-state index is 13.8. The van der Waals surface area contributed by atoms with Crippen LogP contribution in [-0.2, 0) is 32.3 Å². The molecule has 0 saturated heterocycles. The minimum absolute atomic E-state index is 0.0325. The van der Waals surface area contributed by atoms with E-state index in [4.69, 9.17) is 23.2 Å². The highest BCUT2D eigenvalue weighted by molar-refractivity contribution is 7.92. The Morgan fingerprint density at radius 2 is 1.73 bits per heavy atom. The molecule has 3 rings (SSSR count). The quantitative estimate of drug-likeness (QED) is 0.351. The highest BCUT2D eigenvalue weighted by Crippen LogP contribution is 2.32. The summed E-state index contributed by atoms with van der Waals surface area (Å²) in [5.74, 6) is -1.15. The van der Waals surface area contributed by atoms with Crippen LogP contribution >= 0.6 is 23.2 Å². The second kappa shape index (κ2) is 13.4. The van der Waals surface area contributed by atoms with E-state index in [0.717, 1.165) is 50.5 Å². The van der Waals surface area contributed by atoms with Crippen LogP contribution in [0.25, 0.3) is 0 Å². The van der Waals surface area contributed by atoms with Gasteiger partial charge in [0.1, 0.15) is 12.6 Å². The summed E-state index contributed by atoms with van der Waals surface area (Å²) in [5.41, 5.74) is -0.839. The Morgan fingerprint density at radius 3 is 2.30 bits per heavy atom. The first-order valence-corrected chi connectivity index (χ1v) is 15.5. The van der Waals surface area contributed by atoms with Crippen LogP contribution in [0.5, 0.6) is 0 Å². The average molecular weight is 623 g/mol. The van der Waals surface area contributed by atoms with Gasteiger partial charge in [-0.2, -0.15) is 13.2 Å². The van der Waals surface area contributed by atoms with Gasteiger partial charge in [0.05, 0.1) is 27.6 Å². The smallest absolute Gasteiger partial charge is 0.352 e. The molecule has 0 heterocycles. The number of alkyl halides is 3. The summed E-state index contributed by atoms with van der Waals surface area (Å²) in [7, 11) is -4.19. The predicted octanol–water partition coefficient (Wildman–Crippen LogP) is 6.03. The Kier molecular flexibility index (Phi) is 10.8. The van der Waals surface area contributed by atoms with Crippen molar-refractivity contribution < 1.29 is 31.2 Å². The van der Waals surface area contributed by atoms with Crippen LogP contribution in [-0.4, -0.2) is 50.0 Å². The Bertz CT molecular complexity index is 1320. The molecule has 0 aliphatic heterocycles. The first-order chi connectivity index (χ1) is 18.7. The molecule has 1 aliphatic carbocycles. The van der Waals surface area contributed by atoms with Gasteiger partial charge < -0.3 is 10.2 Å². The zero-order valence-corrected chi connectivity index (χ0v) is 24.5. The number of benzene rings is 2. The summed E-state index contributed by atoms with van der Waals surface area (Å²) >= 11 is 12.2. The number of anilines is 1. The Balaban J connectivity index is 1.97. The van der Waals surface area contributed by atoms with E-state index in [1.807, 2.05) is 0 Å². The zero-order chi connectivity index (χ0) is 29.7. The van der Waals surface area contributed by atoms with Gasteiger partial charge in [-0.1, -0.05) is 61.5 Å². The molecule has 1 atom stereocenters. The molecule has 1 N–H and O–H groups in total. The van der Waals surface area contributed by atoms with Crippen molar-refractivity contribution in [2.75, 3.05) is 17.1 Å². The van der Waals surface area contributed by atoms with E-state index >= 15 is 0 Å². The van der Waals surface area contributed by atoms with Gasteiger partial charge >= 0.3 is 6.18 Å². The van der Waals surface area contributed by atoms with E-state index in [2.05, 4.69) is 5.32 Å². The summed E-state index contributed by atoms with van der Waals surface area (Å²) in [5, 5.41) is 3.53. The first kappa shape index (κ1) is 32.0. The molecule has 0 bridgehead atoms. The molecular formula is C27H32Cl2F3N3O4S. The normalized spacial score (nSPS) is 15.4. The Labute approximate surface area is 242 Å². The van der Waals surface area contributed by atoms with E-state index in [0.29, 0.717) is 15.9 Å². The molecular weight excluding hydrogens is 590 g/mol. The Hall–Kier alpha value is -2.50. The fourth-order valence-electron chi connectivity index (χ4n) is 4.75. The molecule has 2 aromatic carbocycles. The largest absolute Gasteiger partial charge is 0.416 e. The third-order valence-corrected chi connectivity index (χ3v) is 8.69.